The monoisotopic (exact) mass is 378 g/mol. The number of nitrogens with zero attached hydrogens (tertiary/aromatic N) is 3. The summed E-state index contributed by atoms with van der Waals surface area (Å²) in [6.07, 6.45) is 3.26. The Morgan fingerprint density at radius 2 is 2.18 bits per heavy atom. The van der Waals surface area contributed by atoms with Crippen LogP contribution in [0.25, 0.3) is 10.2 Å². The molecule has 0 aliphatic rings. The van der Waals surface area contributed by atoms with E-state index in [-0.39, 0.29) is 24.4 Å². The van der Waals surface area contributed by atoms with Crippen LogP contribution in [-0.4, -0.2) is 20.4 Å². The van der Waals surface area contributed by atoms with Gasteiger partial charge in [-0.05, 0) is 39.5 Å². The number of aryl methyl sites for hydroxylation is 1. The van der Waals surface area contributed by atoms with Crippen LogP contribution in [0.2, 0.25) is 0 Å². The minimum atomic E-state index is -0.202. The lowest BCUT2D eigenvalue weighted by molar-refractivity contribution is -0.116. The molecule has 0 bridgehead atoms. The molecule has 0 aromatic carbocycles. The molecule has 0 aliphatic heterocycles. The summed E-state index contributed by atoms with van der Waals surface area (Å²) in [4.78, 5) is 33.1. The number of rotatable bonds is 4. The third kappa shape index (κ3) is 3.23. The average Bonchev–Trinajstić information content (AvgIpc) is 2.98. The molecule has 0 spiro atoms. The van der Waals surface area contributed by atoms with Gasteiger partial charge in [0.2, 0.25) is 5.91 Å². The number of hydrogen-bond acceptors (Lipinski definition) is 5. The van der Waals surface area contributed by atoms with Crippen molar-refractivity contribution in [3.05, 3.63) is 50.9 Å². The van der Waals surface area contributed by atoms with E-state index in [2.05, 4.69) is 31.2 Å². The highest BCUT2D eigenvalue weighted by molar-refractivity contribution is 9.10. The highest BCUT2D eigenvalue weighted by Gasteiger charge is 2.08. The quantitative estimate of drug-likeness (QED) is 0.756. The molecule has 0 fully saturated rings. The Labute approximate surface area is 138 Å². The first-order chi connectivity index (χ1) is 10.6. The second-order valence-electron chi connectivity index (χ2n) is 4.54. The predicted octanol–water partition coefficient (Wildman–Crippen LogP) is 2.64. The van der Waals surface area contributed by atoms with Crippen LogP contribution < -0.4 is 10.9 Å². The third-order valence-electron chi connectivity index (χ3n) is 3.03. The number of aromatic nitrogens is 3. The average molecular weight is 379 g/mol. The van der Waals surface area contributed by atoms with E-state index in [0.29, 0.717) is 16.0 Å². The molecule has 112 valence electrons. The molecule has 0 unspecified atom stereocenters. The first-order valence-corrected chi connectivity index (χ1v) is 8.15. The van der Waals surface area contributed by atoms with Crippen LogP contribution in [0, 0.1) is 0 Å². The highest BCUT2D eigenvalue weighted by atomic mass is 79.9. The van der Waals surface area contributed by atoms with E-state index < -0.39 is 0 Å². The SMILES string of the molecule is O=C(CCn1cnc2sccc2c1=O)Nc1ccc(Br)cn1. The van der Waals surface area contributed by atoms with Crippen LogP contribution in [-0.2, 0) is 11.3 Å². The van der Waals surface area contributed by atoms with Gasteiger partial charge in [-0.15, -0.1) is 11.3 Å². The fourth-order valence-electron chi connectivity index (χ4n) is 1.93. The number of pyridine rings is 1. The zero-order chi connectivity index (χ0) is 15.5. The summed E-state index contributed by atoms with van der Waals surface area (Å²) in [7, 11) is 0. The maximum absolute atomic E-state index is 12.2. The van der Waals surface area contributed by atoms with E-state index in [1.807, 2.05) is 5.38 Å². The van der Waals surface area contributed by atoms with Gasteiger partial charge >= 0.3 is 0 Å². The van der Waals surface area contributed by atoms with Crippen LogP contribution in [0.15, 0.2) is 45.4 Å². The fraction of sp³-hybridized carbons (Fsp3) is 0.143. The van der Waals surface area contributed by atoms with Crippen molar-refractivity contribution in [3.8, 4) is 0 Å². The number of carbonyl (C=O) groups excluding carboxylic acids is 1. The summed E-state index contributed by atoms with van der Waals surface area (Å²) in [6.45, 7) is 0.278. The number of fused-ring (bicyclic) bond motifs is 1. The van der Waals surface area contributed by atoms with Gasteiger partial charge in [0.15, 0.2) is 0 Å². The Kier molecular flexibility index (Phi) is 4.30. The van der Waals surface area contributed by atoms with Gasteiger partial charge in [0.05, 0.1) is 11.7 Å². The molecule has 1 amide bonds. The van der Waals surface area contributed by atoms with Crippen LogP contribution in [0.5, 0.6) is 0 Å². The van der Waals surface area contributed by atoms with Crippen molar-refractivity contribution >= 4 is 49.2 Å². The van der Waals surface area contributed by atoms with Crippen LogP contribution >= 0.6 is 27.3 Å². The van der Waals surface area contributed by atoms with Gasteiger partial charge in [-0.3, -0.25) is 14.2 Å². The number of anilines is 1. The molecule has 6 nitrogen and oxygen atoms in total. The summed E-state index contributed by atoms with van der Waals surface area (Å²) in [5.41, 5.74) is -0.124. The molecule has 1 N–H and O–H groups in total. The summed E-state index contributed by atoms with van der Waals surface area (Å²) in [6, 6.07) is 5.24. The summed E-state index contributed by atoms with van der Waals surface area (Å²) in [5.74, 6) is 0.277. The smallest absolute Gasteiger partial charge is 0.262 e. The van der Waals surface area contributed by atoms with Crippen molar-refractivity contribution in [2.45, 2.75) is 13.0 Å². The minimum Gasteiger partial charge on any atom is -0.311 e. The third-order valence-corrected chi connectivity index (χ3v) is 4.31. The molecule has 0 radical (unpaired) electrons. The van der Waals surface area contributed by atoms with Crippen LogP contribution in [0.1, 0.15) is 6.42 Å². The Bertz CT molecular complexity index is 872. The molecular formula is C14H11BrN4O2S. The number of amides is 1. The van der Waals surface area contributed by atoms with Crippen molar-refractivity contribution in [1.82, 2.24) is 14.5 Å². The molecule has 0 saturated carbocycles. The second kappa shape index (κ2) is 6.37. The van der Waals surface area contributed by atoms with E-state index in [4.69, 9.17) is 0 Å². The summed E-state index contributed by atoms with van der Waals surface area (Å²) >= 11 is 4.70. The zero-order valence-electron chi connectivity index (χ0n) is 11.3. The lowest BCUT2D eigenvalue weighted by Gasteiger charge is -2.06. The van der Waals surface area contributed by atoms with Gasteiger partial charge in [-0.1, -0.05) is 0 Å². The molecule has 0 saturated heterocycles. The second-order valence-corrected chi connectivity index (χ2v) is 6.35. The largest absolute Gasteiger partial charge is 0.311 e. The highest BCUT2D eigenvalue weighted by Crippen LogP contribution is 2.13. The van der Waals surface area contributed by atoms with Crippen molar-refractivity contribution in [3.63, 3.8) is 0 Å². The Morgan fingerprint density at radius 3 is 2.95 bits per heavy atom. The predicted molar refractivity (Wildman–Crippen MR) is 89.1 cm³/mol. The summed E-state index contributed by atoms with van der Waals surface area (Å²) in [5, 5.41) is 5.10. The number of hydrogen-bond donors (Lipinski definition) is 1. The number of halogens is 1. The van der Waals surface area contributed by atoms with Crippen molar-refractivity contribution in [2.75, 3.05) is 5.32 Å². The van der Waals surface area contributed by atoms with Gasteiger partial charge < -0.3 is 5.32 Å². The Morgan fingerprint density at radius 1 is 1.32 bits per heavy atom. The van der Waals surface area contributed by atoms with E-state index in [0.717, 1.165) is 4.47 Å². The lowest BCUT2D eigenvalue weighted by atomic mass is 10.3. The number of thiophene rings is 1. The molecule has 3 aromatic rings. The van der Waals surface area contributed by atoms with Crippen LogP contribution in [0.4, 0.5) is 5.82 Å². The van der Waals surface area contributed by atoms with E-state index >= 15 is 0 Å². The molecule has 0 aliphatic carbocycles. The van der Waals surface area contributed by atoms with Gasteiger partial charge in [-0.25, -0.2) is 9.97 Å². The standard InChI is InChI=1S/C14H11BrN4O2S/c15-9-1-2-11(16-7-9)18-12(20)3-5-19-8-17-13-10(14(19)21)4-6-22-13/h1-2,4,6-8H,3,5H2,(H,16,18,20). The van der Waals surface area contributed by atoms with Gasteiger partial charge in [-0.2, -0.15) is 0 Å². The van der Waals surface area contributed by atoms with E-state index in [1.165, 1.54) is 22.2 Å². The summed E-state index contributed by atoms with van der Waals surface area (Å²) < 4.78 is 2.29. The maximum Gasteiger partial charge on any atom is 0.262 e. The Hall–Kier alpha value is -2.06. The fourth-order valence-corrected chi connectivity index (χ4v) is 2.89. The first-order valence-electron chi connectivity index (χ1n) is 6.47. The number of nitrogens with one attached hydrogen (secondary N) is 1. The molecule has 3 aromatic heterocycles. The molecule has 0 atom stereocenters. The molecule has 22 heavy (non-hydrogen) atoms. The molecule has 3 heterocycles. The van der Waals surface area contributed by atoms with E-state index in [1.54, 1.807) is 24.4 Å². The van der Waals surface area contributed by atoms with Crippen molar-refractivity contribution in [1.29, 1.82) is 0 Å². The molecule has 8 heteroatoms. The molecular weight excluding hydrogens is 368 g/mol. The number of carbonyl (C=O) groups is 1. The van der Waals surface area contributed by atoms with E-state index in [9.17, 15) is 9.59 Å². The lowest BCUT2D eigenvalue weighted by Crippen LogP contribution is -2.23. The first kappa shape index (κ1) is 14.9. The van der Waals surface area contributed by atoms with Gasteiger partial charge in [0.25, 0.3) is 5.56 Å². The van der Waals surface area contributed by atoms with Gasteiger partial charge in [0, 0.05) is 23.6 Å². The normalized spacial score (nSPS) is 10.8. The zero-order valence-corrected chi connectivity index (χ0v) is 13.7. The Balaban J connectivity index is 1.66. The van der Waals surface area contributed by atoms with Crippen LogP contribution in [0.3, 0.4) is 0 Å². The van der Waals surface area contributed by atoms with Gasteiger partial charge in [0.1, 0.15) is 10.6 Å². The maximum atomic E-state index is 12.2. The topological polar surface area (TPSA) is 76.9 Å². The van der Waals surface area contributed by atoms with Crippen molar-refractivity contribution in [2.24, 2.45) is 0 Å². The van der Waals surface area contributed by atoms with Crippen molar-refractivity contribution < 1.29 is 4.79 Å². The molecule has 3 rings (SSSR count). The minimum absolute atomic E-state index is 0.124.